The Morgan fingerprint density at radius 1 is 1.50 bits per heavy atom. The molecular weight excluding hydrogens is 222 g/mol. The first kappa shape index (κ1) is 11.9. The minimum Gasteiger partial charge on any atom is -0.459 e. The van der Waals surface area contributed by atoms with E-state index in [1.807, 2.05) is 20.8 Å². The number of carbonyl (C=O) groups excluding carboxylic acids is 1. The van der Waals surface area contributed by atoms with Crippen molar-refractivity contribution in [2.45, 2.75) is 26.4 Å². The van der Waals surface area contributed by atoms with Crippen LogP contribution in [0, 0.1) is 0 Å². The van der Waals surface area contributed by atoms with E-state index in [4.69, 9.17) is 4.74 Å². The fourth-order valence-corrected chi connectivity index (χ4v) is 0.915. The predicted molar refractivity (Wildman–Crippen MR) is 52.5 cm³/mol. The quantitative estimate of drug-likeness (QED) is 0.456. The fraction of sp³-hybridized carbons (Fsp3) is 0.875. The molecule has 0 saturated heterocycles. The Labute approximate surface area is 82.0 Å². The van der Waals surface area contributed by atoms with E-state index >= 15 is 0 Å². The number of ether oxygens (including phenoxy) is 1. The third-order valence-corrected chi connectivity index (χ3v) is 1.36. The highest BCUT2D eigenvalue weighted by molar-refractivity contribution is 9.09. The van der Waals surface area contributed by atoms with E-state index in [-0.39, 0.29) is 18.1 Å². The summed E-state index contributed by atoms with van der Waals surface area (Å²) < 4.78 is 5.07. The molecule has 0 bridgehead atoms. The third-order valence-electron chi connectivity index (χ3n) is 0.961. The van der Waals surface area contributed by atoms with Gasteiger partial charge in [0.1, 0.15) is 5.60 Å². The fourth-order valence-electron chi connectivity index (χ4n) is 0.635. The van der Waals surface area contributed by atoms with Gasteiger partial charge in [-0.1, -0.05) is 15.9 Å². The number of alkyl halides is 1. The minimum absolute atomic E-state index is 0.205. The lowest BCUT2D eigenvalue weighted by atomic mass is 10.2. The lowest BCUT2D eigenvalue weighted by Crippen LogP contribution is -2.32. The third kappa shape index (κ3) is 8.01. The van der Waals surface area contributed by atoms with E-state index in [9.17, 15) is 4.79 Å². The second-order valence-corrected chi connectivity index (χ2v) is 4.25. The van der Waals surface area contributed by atoms with Gasteiger partial charge in [0.05, 0.1) is 6.54 Å². The first-order valence-electron chi connectivity index (χ1n) is 3.94. The zero-order valence-corrected chi connectivity index (χ0v) is 9.40. The minimum atomic E-state index is -0.382. The van der Waals surface area contributed by atoms with E-state index in [1.165, 1.54) is 0 Å². The van der Waals surface area contributed by atoms with Crippen molar-refractivity contribution in [3.8, 4) is 0 Å². The predicted octanol–water partition coefficient (Wildman–Crippen LogP) is 1.31. The van der Waals surface area contributed by atoms with E-state index in [2.05, 4.69) is 21.2 Å². The van der Waals surface area contributed by atoms with Crippen LogP contribution in [0.5, 0.6) is 0 Å². The van der Waals surface area contributed by atoms with Gasteiger partial charge in [-0.15, -0.1) is 0 Å². The Kier molecular flexibility index (Phi) is 5.50. The Morgan fingerprint density at radius 2 is 2.08 bits per heavy atom. The normalized spacial score (nSPS) is 11.3. The standard InChI is InChI=1S/C8H16BrNO2/c1-8(2,3)12-7(11)6-10-5-4-9/h10H,4-6H2,1-3H3. The summed E-state index contributed by atoms with van der Waals surface area (Å²) in [6.07, 6.45) is 0. The highest BCUT2D eigenvalue weighted by atomic mass is 79.9. The first-order chi connectivity index (χ1) is 5.45. The molecule has 0 aromatic rings. The van der Waals surface area contributed by atoms with Gasteiger partial charge in [0.15, 0.2) is 0 Å². The van der Waals surface area contributed by atoms with Gasteiger partial charge in [0.2, 0.25) is 0 Å². The molecule has 0 saturated carbocycles. The van der Waals surface area contributed by atoms with E-state index in [0.717, 1.165) is 11.9 Å². The largest absolute Gasteiger partial charge is 0.459 e. The molecule has 12 heavy (non-hydrogen) atoms. The molecule has 0 aliphatic rings. The number of rotatable bonds is 4. The Hall–Kier alpha value is -0.0900. The Balaban J connectivity index is 3.47. The average Bonchev–Trinajstić information content (AvgIpc) is 1.84. The molecule has 0 fully saturated rings. The maximum absolute atomic E-state index is 11.0. The van der Waals surface area contributed by atoms with Crippen LogP contribution >= 0.6 is 15.9 Å². The highest BCUT2D eigenvalue weighted by Gasteiger charge is 2.15. The zero-order chi connectivity index (χ0) is 9.61. The van der Waals surface area contributed by atoms with Crippen LogP contribution in [0.2, 0.25) is 0 Å². The monoisotopic (exact) mass is 237 g/mol. The molecule has 0 aromatic heterocycles. The molecule has 0 rings (SSSR count). The van der Waals surface area contributed by atoms with Gasteiger partial charge in [-0.25, -0.2) is 0 Å². The van der Waals surface area contributed by atoms with E-state index in [0.29, 0.717) is 0 Å². The van der Waals surface area contributed by atoms with Crippen molar-refractivity contribution in [3.63, 3.8) is 0 Å². The maximum Gasteiger partial charge on any atom is 0.320 e. The van der Waals surface area contributed by atoms with E-state index < -0.39 is 0 Å². The molecule has 0 aliphatic heterocycles. The molecule has 0 spiro atoms. The van der Waals surface area contributed by atoms with Crippen molar-refractivity contribution in [2.75, 3.05) is 18.4 Å². The second kappa shape index (κ2) is 5.54. The van der Waals surface area contributed by atoms with Crippen molar-refractivity contribution in [3.05, 3.63) is 0 Å². The van der Waals surface area contributed by atoms with Crippen LogP contribution in [0.4, 0.5) is 0 Å². The number of nitrogens with one attached hydrogen (secondary N) is 1. The SMILES string of the molecule is CC(C)(C)OC(=O)CNCCBr. The number of carbonyl (C=O) groups is 1. The molecular formula is C8H16BrNO2. The Bertz CT molecular complexity index is 142. The van der Waals surface area contributed by atoms with Crippen LogP contribution in [-0.4, -0.2) is 30.0 Å². The molecule has 0 heterocycles. The summed E-state index contributed by atoms with van der Waals surface area (Å²) in [6, 6.07) is 0. The summed E-state index contributed by atoms with van der Waals surface area (Å²) in [7, 11) is 0. The lowest BCUT2D eigenvalue weighted by Gasteiger charge is -2.19. The van der Waals surface area contributed by atoms with Crippen LogP contribution in [-0.2, 0) is 9.53 Å². The van der Waals surface area contributed by atoms with Crippen molar-refractivity contribution < 1.29 is 9.53 Å². The molecule has 0 atom stereocenters. The van der Waals surface area contributed by atoms with Crippen molar-refractivity contribution in [1.82, 2.24) is 5.32 Å². The smallest absolute Gasteiger partial charge is 0.320 e. The van der Waals surface area contributed by atoms with Crippen molar-refractivity contribution in [1.29, 1.82) is 0 Å². The molecule has 3 nitrogen and oxygen atoms in total. The van der Waals surface area contributed by atoms with E-state index in [1.54, 1.807) is 0 Å². The molecule has 0 amide bonds. The molecule has 0 unspecified atom stereocenters. The topological polar surface area (TPSA) is 38.3 Å². The maximum atomic E-state index is 11.0. The molecule has 0 aliphatic carbocycles. The van der Waals surface area contributed by atoms with Gasteiger partial charge in [0.25, 0.3) is 0 Å². The molecule has 0 aromatic carbocycles. The van der Waals surface area contributed by atoms with Crippen LogP contribution in [0.3, 0.4) is 0 Å². The van der Waals surface area contributed by atoms with Gasteiger partial charge in [0, 0.05) is 11.9 Å². The molecule has 72 valence electrons. The van der Waals surface area contributed by atoms with Crippen LogP contribution in [0.15, 0.2) is 0 Å². The van der Waals surface area contributed by atoms with Gasteiger partial charge in [-0.2, -0.15) is 0 Å². The average molecular weight is 238 g/mol. The first-order valence-corrected chi connectivity index (χ1v) is 5.06. The summed E-state index contributed by atoms with van der Waals surface area (Å²) in [5.74, 6) is -0.205. The van der Waals surface area contributed by atoms with Crippen LogP contribution in [0.25, 0.3) is 0 Å². The zero-order valence-electron chi connectivity index (χ0n) is 7.82. The van der Waals surface area contributed by atoms with Gasteiger partial charge >= 0.3 is 5.97 Å². The number of hydrogen-bond acceptors (Lipinski definition) is 3. The number of esters is 1. The summed E-state index contributed by atoms with van der Waals surface area (Å²) in [5, 5.41) is 3.78. The molecule has 1 N–H and O–H groups in total. The lowest BCUT2D eigenvalue weighted by molar-refractivity contribution is -0.153. The Morgan fingerprint density at radius 3 is 2.50 bits per heavy atom. The number of halogens is 1. The van der Waals surface area contributed by atoms with Gasteiger partial charge < -0.3 is 10.1 Å². The van der Waals surface area contributed by atoms with Crippen molar-refractivity contribution >= 4 is 21.9 Å². The van der Waals surface area contributed by atoms with Crippen molar-refractivity contribution in [2.24, 2.45) is 0 Å². The summed E-state index contributed by atoms with van der Waals surface area (Å²) in [6.45, 7) is 6.63. The second-order valence-electron chi connectivity index (χ2n) is 3.45. The van der Waals surface area contributed by atoms with Crippen LogP contribution < -0.4 is 5.32 Å². The van der Waals surface area contributed by atoms with Crippen LogP contribution in [0.1, 0.15) is 20.8 Å². The van der Waals surface area contributed by atoms with Gasteiger partial charge in [-0.05, 0) is 20.8 Å². The number of hydrogen-bond donors (Lipinski definition) is 1. The highest BCUT2D eigenvalue weighted by Crippen LogP contribution is 2.05. The summed E-state index contributed by atoms with van der Waals surface area (Å²) >= 11 is 3.25. The van der Waals surface area contributed by atoms with Gasteiger partial charge in [-0.3, -0.25) is 4.79 Å². The summed E-state index contributed by atoms with van der Waals surface area (Å²) in [5.41, 5.74) is -0.382. The molecule has 4 heteroatoms. The summed E-state index contributed by atoms with van der Waals surface area (Å²) in [4.78, 5) is 11.0. The molecule has 0 radical (unpaired) electrons.